The van der Waals surface area contributed by atoms with Gasteiger partial charge in [0.1, 0.15) is 0 Å². The highest BCUT2D eigenvalue weighted by atomic mass is 79.9. The van der Waals surface area contributed by atoms with Crippen molar-refractivity contribution in [1.82, 2.24) is 9.78 Å². The monoisotopic (exact) mass is 341 g/mol. The van der Waals surface area contributed by atoms with E-state index in [4.69, 9.17) is 0 Å². The summed E-state index contributed by atoms with van der Waals surface area (Å²) >= 11 is 3.52. The number of aromatic nitrogens is 2. The lowest BCUT2D eigenvalue weighted by Crippen LogP contribution is -1.99. The second-order valence-corrected chi connectivity index (χ2v) is 5.92. The zero-order chi connectivity index (χ0) is 14.7. The molecule has 1 aromatic heterocycles. The average molecular weight is 342 g/mol. The first-order valence-corrected chi connectivity index (χ1v) is 7.60. The lowest BCUT2D eigenvalue weighted by atomic mass is 10.2. The highest BCUT2D eigenvalue weighted by Gasteiger charge is 2.01. The Labute approximate surface area is 132 Å². The summed E-state index contributed by atoms with van der Waals surface area (Å²) in [7, 11) is 0. The van der Waals surface area contributed by atoms with Crippen LogP contribution in [-0.4, -0.2) is 9.78 Å². The average Bonchev–Trinajstić information content (AvgIpc) is 2.94. The lowest BCUT2D eigenvalue weighted by Gasteiger charge is -2.06. The highest BCUT2D eigenvalue weighted by Crippen LogP contribution is 2.19. The first-order chi connectivity index (χ1) is 10.2. The van der Waals surface area contributed by atoms with Crippen molar-refractivity contribution < 1.29 is 0 Å². The Hall–Kier alpha value is -2.07. The molecule has 0 bridgehead atoms. The van der Waals surface area contributed by atoms with E-state index in [9.17, 15) is 0 Å². The predicted octanol–water partition coefficient (Wildman–Crippen LogP) is 4.56. The Balaban J connectivity index is 1.70. The zero-order valence-electron chi connectivity index (χ0n) is 11.8. The van der Waals surface area contributed by atoms with Crippen LogP contribution in [0.4, 0.5) is 5.69 Å². The Bertz CT molecular complexity index is 715. The van der Waals surface area contributed by atoms with Gasteiger partial charge in [-0.05, 0) is 42.8 Å². The van der Waals surface area contributed by atoms with Crippen molar-refractivity contribution in [2.24, 2.45) is 0 Å². The third kappa shape index (κ3) is 3.52. The maximum absolute atomic E-state index is 4.40. The maximum Gasteiger partial charge on any atom is 0.0645 e. The van der Waals surface area contributed by atoms with E-state index in [1.165, 1.54) is 5.56 Å². The van der Waals surface area contributed by atoms with Crippen LogP contribution in [0.15, 0.2) is 65.4 Å². The standard InChI is InChI=1S/C17H16BrN3/c1-13-7-15(18)9-16(8-13)19-10-14-11-20-21(12-14)17-5-3-2-4-6-17/h2-9,11-12,19H,10H2,1H3. The third-order valence-electron chi connectivity index (χ3n) is 3.20. The van der Waals surface area contributed by atoms with Crippen molar-refractivity contribution in [3.63, 3.8) is 0 Å². The summed E-state index contributed by atoms with van der Waals surface area (Å²) in [4.78, 5) is 0. The molecule has 2 aromatic carbocycles. The molecule has 1 heterocycles. The molecule has 0 saturated carbocycles. The van der Waals surface area contributed by atoms with E-state index in [-0.39, 0.29) is 0 Å². The van der Waals surface area contributed by atoms with Crippen LogP contribution in [-0.2, 0) is 6.54 Å². The van der Waals surface area contributed by atoms with Crippen molar-refractivity contribution in [2.75, 3.05) is 5.32 Å². The first kappa shape index (κ1) is 13.9. The van der Waals surface area contributed by atoms with Gasteiger partial charge >= 0.3 is 0 Å². The number of rotatable bonds is 4. The van der Waals surface area contributed by atoms with Gasteiger partial charge in [0.15, 0.2) is 0 Å². The smallest absolute Gasteiger partial charge is 0.0645 e. The molecule has 0 aliphatic rings. The van der Waals surface area contributed by atoms with Gasteiger partial charge in [0.25, 0.3) is 0 Å². The summed E-state index contributed by atoms with van der Waals surface area (Å²) in [5.41, 5.74) is 4.56. The molecule has 106 valence electrons. The summed E-state index contributed by atoms with van der Waals surface area (Å²) in [5.74, 6) is 0. The van der Waals surface area contributed by atoms with Gasteiger partial charge in [-0.1, -0.05) is 34.1 Å². The number of nitrogens with one attached hydrogen (secondary N) is 1. The van der Waals surface area contributed by atoms with Crippen LogP contribution < -0.4 is 5.32 Å². The Morgan fingerprint density at radius 2 is 1.95 bits per heavy atom. The highest BCUT2D eigenvalue weighted by molar-refractivity contribution is 9.10. The SMILES string of the molecule is Cc1cc(Br)cc(NCc2cnn(-c3ccccc3)c2)c1. The number of halogens is 1. The van der Waals surface area contributed by atoms with Crippen LogP contribution in [0.2, 0.25) is 0 Å². The minimum absolute atomic E-state index is 0.753. The van der Waals surface area contributed by atoms with Gasteiger partial charge in [-0.15, -0.1) is 0 Å². The predicted molar refractivity (Wildman–Crippen MR) is 89.8 cm³/mol. The minimum Gasteiger partial charge on any atom is -0.381 e. The van der Waals surface area contributed by atoms with Gasteiger partial charge in [0.05, 0.1) is 11.9 Å². The molecule has 3 nitrogen and oxygen atoms in total. The van der Waals surface area contributed by atoms with Gasteiger partial charge in [0.2, 0.25) is 0 Å². The van der Waals surface area contributed by atoms with Gasteiger partial charge in [-0.3, -0.25) is 0 Å². The molecule has 0 amide bonds. The molecule has 0 aliphatic carbocycles. The first-order valence-electron chi connectivity index (χ1n) is 6.81. The molecule has 3 rings (SSSR count). The molecule has 0 fully saturated rings. The summed E-state index contributed by atoms with van der Waals surface area (Å²) in [5, 5.41) is 7.83. The van der Waals surface area contributed by atoms with Crippen molar-refractivity contribution in [3.05, 3.63) is 76.5 Å². The molecule has 3 aromatic rings. The molecule has 0 spiro atoms. The normalized spacial score (nSPS) is 10.6. The number of hydrogen-bond acceptors (Lipinski definition) is 2. The van der Waals surface area contributed by atoms with Crippen molar-refractivity contribution >= 4 is 21.6 Å². The van der Waals surface area contributed by atoms with Gasteiger partial charge < -0.3 is 5.32 Å². The molecule has 21 heavy (non-hydrogen) atoms. The topological polar surface area (TPSA) is 29.9 Å². The van der Waals surface area contributed by atoms with E-state index in [1.54, 1.807) is 0 Å². The zero-order valence-corrected chi connectivity index (χ0v) is 13.3. The number of benzene rings is 2. The Morgan fingerprint density at radius 3 is 2.71 bits per heavy atom. The summed E-state index contributed by atoms with van der Waals surface area (Å²) in [6.45, 7) is 2.84. The van der Waals surface area contributed by atoms with Gasteiger partial charge in [-0.2, -0.15) is 5.10 Å². The van der Waals surface area contributed by atoms with Crippen LogP contribution >= 0.6 is 15.9 Å². The molecule has 0 unspecified atom stereocenters. The third-order valence-corrected chi connectivity index (χ3v) is 3.65. The molecular weight excluding hydrogens is 326 g/mol. The minimum atomic E-state index is 0.753. The van der Waals surface area contributed by atoms with Crippen LogP contribution in [0.5, 0.6) is 0 Å². The fraction of sp³-hybridized carbons (Fsp3) is 0.118. The Kier molecular flexibility index (Phi) is 4.06. The summed E-state index contributed by atoms with van der Waals surface area (Å²) in [6.07, 6.45) is 3.94. The number of anilines is 1. The fourth-order valence-corrected chi connectivity index (χ4v) is 2.82. The molecule has 0 saturated heterocycles. The molecule has 0 atom stereocenters. The number of para-hydroxylation sites is 1. The molecule has 0 aliphatic heterocycles. The lowest BCUT2D eigenvalue weighted by molar-refractivity contribution is 0.880. The summed E-state index contributed by atoms with van der Waals surface area (Å²) in [6, 6.07) is 16.4. The molecule has 0 radical (unpaired) electrons. The second-order valence-electron chi connectivity index (χ2n) is 5.00. The van der Waals surface area contributed by atoms with Gasteiger partial charge in [-0.25, -0.2) is 4.68 Å². The number of nitrogens with zero attached hydrogens (tertiary/aromatic N) is 2. The maximum atomic E-state index is 4.40. The van der Waals surface area contributed by atoms with E-state index in [2.05, 4.69) is 51.5 Å². The number of hydrogen-bond donors (Lipinski definition) is 1. The van der Waals surface area contributed by atoms with Crippen LogP contribution in [0, 0.1) is 6.92 Å². The summed E-state index contributed by atoms with van der Waals surface area (Å²) < 4.78 is 2.98. The van der Waals surface area contributed by atoms with Crippen LogP contribution in [0.3, 0.4) is 0 Å². The molecule has 1 N–H and O–H groups in total. The quantitative estimate of drug-likeness (QED) is 0.754. The number of aryl methyl sites for hydroxylation is 1. The van der Waals surface area contributed by atoms with E-state index in [1.807, 2.05) is 47.4 Å². The van der Waals surface area contributed by atoms with E-state index in [0.29, 0.717) is 0 Å². The second kappa shape index (κ2) is 6.14. The van der Waals surface area contributed by atoms with Crippen LogP contribution in [0.25, 0.3) is 5.69 Å². The molecular formula is C17H16BrN3. The van der Waals surface area contributed by atoms with Crippen molar-refractivity contribution in [2.45, 2.75) is 13.5 Å². The van der Waals surface area contributed by atoms with E-state index >= 15 is 0 Å². The largest absolute Gasteiger partial charge is 0.381 e. The van der Waals surface area contributed by atoms with Crippen LogP contribution in [0.1, 0.15) is 11.1 Å². The van der Waals surface area contributed by atoms with Crippen molar-refractivity contribution in [3.8, 4) is 5.69 Å². The Morgan fingerprint density at radius 1 is 1.14 bits per heavy atom. The molecule has 4 heteroatoms. The van der Waals surface area contributed by atoms with Gasteiger partial charge in [0, 0.05) is 28.5 Å². The van der Waals surface area contributed by atoms with E-state index < -0.39 is 0 Å². The van der Waals surface area contributed by atoms with E-state index in [0.717, 1.165) is 28.0 Å². The fourth-order valence-electron chi connectivity index (χ4n) is 2.22. The van der Waals surface area contributed by atoms with Crippen molar-refractivity contribution in [1.29, 1.82) is 0 Å².